The van der Waals surface area contributed by atoms with Crippen LogP contribution >= 0.6 is 47.2 Å². The molecule has 37 heavy (non-hydrogen) atoms. The molecule has 0 radical (unpaired) electrons. The van der Waals surface area contributed by atoms with Crippen LogP contribution in [0.4, 0.5) is 24.5 Å². The van der Waals surface area contributed by atoms with E-state index in [1.807, 2.05) is 0 Å². The molecule has 0 unspecified atom stereocenters. The van der Waals surface area contributed by atoms with Crippen molar-refractivity contribution in [1.29, 1.82) is 0 Å². The summed E-state index contributed by atoms with van der Waals surface area (Å²) in [7, 11) is 0. The van der Waals surface area contributed by atoms with Crippen LogP contribution in [0.3, 0.4) is 0 Å². The van der Waals surface area contributed by atoms with Gasteiger partial charge in [-0.2, -0.15) is 13.2 Å². The molecule has 0 spiro atoms. The van der Waals surface area contributed by atoms with E-state index in [-0.39, 0.29) is 11.6 Å². The molecular weight excluding hydrogens is 568 g/mol. The first-order chi connectivity index (χ1) is 17.5. The van der Waals surface area contributed by atoms with Gasteiger partial charge in [0, 0.05) is 5.69 Å². The Hall–Kier alpha value is -3.05. The lowest BCUT2D eigenvalue weighted by atomic mass is 10.2. The Bertz CT molecular complexity index is 1430. The SMILES string of the molecule is O=C(COc1cccc(/C=C2\SC(=S)N(c3ccc(Cl)c(Cl)c3)C2=O)c1)Nc1cccc(C(F)(F)F)c1. The number of hydrogen-bond acceptors (Lipinski definition) is 5. The molecule has 3 aromatic rings. The molecular formula is C25H15Cl2F3N2O3S2. The predicted molar refractivity (Wildman–Crippen MR) is 144 cm³/mol. The first-order valence-electron chi connectivity index (χ1n) is 10.4. The number of amides is 2. The Balaban J connectivity index is 1.41. The molecule has 1 aliphatic heterocycles. The summed E-state index contributed by atoms with van der Waals surface area (Å²) in [6.45, 7) is -0.431. The van der Waals surface area contributed by atoms with Crippen molar-refractivity contribution in [3.05, 3.63) is 92.8 Å². The Morgan fingerprint density at radius 3 is 2.54 bits per heavy atom. The highest BCUT2D eigenvalue weighted by Gasteiger charge is 2.33. The minimum atomic E-state index is -4.52. The zero-order valence-corrected chi connectivity index (χ0v) is 21.7. The lowest BCUT2D eigenvalue weighted by Crippen LogP contribution is -2.27. The number of halogens is 5. The second-order valence-corrected chi connectivity index (χ2v) is 10.1. The molecule has 1 fully saturated rings. The summed E-state index contributed by atoms with van der Waals surface area (Å²) < 4.78 is 44.4. The van der Waals surface area contributed by atoms with Crippen molar-refractivity contribution in [3.63, 3.8) is 0 Å². The number of hydrogen-bond donors (Lipinski definition) is 1. The highest BCUT2D eigenvalue weighted by molar-refractivity contribution is 8.27. The maximum Gasteiger partial charge on any atom is 0.416 e. The van der Waals surface area contributed by atoms with E-state index in [9.17, 15) is 22.8 Å². The average molecular weight is 583 g/mol. The summed E-state index contributed by atoms with van der Waals surface area (Å²) in [6, 6.07) is 15.7. The molecule has 0 aliphatic carbocycles. The molecule has 0 bridgehead atoms. The molecule has 5 nitrogen and oxygen atoms in total. The van der Waals surface area contributed by atoms with Gasteiger partial charge in [-0.15, -0.1) is 0 Å². The van der Waals surface area contributed by atoms with E-state index < -0.39 is 24.3 Å². The van der Waals surface area contributed by atoms with Crippen LogP contribution in [-0.4, -0.2) is 22.7 Å². The fourth-order valence-electron chi connectivity index (χ4n) is 3.28. The number of thiocarbonyl (C=S) groups is 1. The van der Waals surface area contributed by atoms with Crippen LogP contribution in [0.1, 0.15) is 11.1 Å². The zero-order valence-electron chi connectivity index (χ0n) is 18.5. The van der Waals surface area contributed by atoms with E-state index in [0.717, 1.165) is 23.9 Å². The van der Waals surface area contributed by atoms with Crippen molar-refractivity contribution in [2.24, 2.45) is 0 Å². The van der Waals surface area contributed by atoms with E-state index >= 15 is 0 Å². The van der Waals surface area contributed by atoms with Gasteiger partial charge in [-0.3, -0.25) is 14.5 Å². The smallest absolute Gasteiger partial charge is 0.416 e. The number of rotatable bonds is 6. The largest absolute Gasteiger partial charge is 0.484 e. The summed E-state index contributed by atoms with van der Waals surface area (Å²) in [6.07, 6.45) is -2.89. The predicted octanol–water partition coefficient (Wildman–Crippen LogP) is 7.44. The molecule has 0 aromatic heterocycles. The van der Waals surface area contributed by atoms with Gasteiger partial charge >= 0.3 is 6.18 Å². The Labute approximate surface area is 229 Å². The number of anilines is 2. The summed E-state index contributed by atoms with van der Waals surface area (Å²) in [5.74, 6) is -0.639. The number of ether oxygens (including phenoxy) is 1. The van der Waals surface area contributed by atoms with Crippen molar-refractivity contribution < 1.29 is 27.5 Å². The van der Waals surface area contributed by atoms with Crippen LogP contribution in [0.25, 0.3) is 6.08 Å². The Morgan fingerprint density at radius 1 is 1.05 bits per heavy atom. The molecule has 12 heteroatoms. The zero-order chi connectivity index (χ0) is 26.7. The van der Waals surface area contributed by atoms with Crippen LogP contribution in [-0.2, 0) is 15.8 Å². The fraction of sp³-hybridized carbons (Fsp3) is 0.0800. The van der Waals surface area contributed by atoms with Crippen molar-refractivity contribution in [3.8, 4) is 5.75 Å². The topological polar surface area (TPSA) is 58.6 Å². The normalized spacial score (nSPS) is 14.8. The van der Waals surface area contributed by atoms with Crippen LogP contribution in [0, 0.1) is 0 Å². The lowest BCUT2D eigenvalue weighted by molar-refractivity contribution is -0.137. The molecule has 1 N–H and O–H groups in total. The fourth-order valence-corrected chi connectivity index (χ4v) is 4.87. The molecule has 0 saturated carbocycles. The second kappa shape index (κ2) is 11.1. The van der Waals surface area contributed by atoms with Gasteiger partial charge in [-0.05, 0) is 60.2 Å². The molecule has 190 valence electrons. The number of nitrogens with zero attached hydrogens (tertiary/aromatic N) is 1. The van der Waals surface area contributed by atoms with E-state index in [4.69, 9.17) is 40.2 Å². The van der Waals surface area contributed by atoms with Gasteiger partial charge in [0.2, 0.25) is 0 Å². The van der Waals surface area contributed by atoms with Crippen molar-refractivity contribution in [2.75, 3.05) is 16.8 Å². The van der Waals surface area contributed by atoms with Gasteiger partial charge in [0.1, 0.15) is 5.75 Å². The minimum absolute atomic E-state index is 0.00109. The van der Waals surface area contributed by atoms with Crippen LogP contribution in [0.2, 0.25) is 10.0 Å². The molecule has 1 heterocycles. The third kappa shape index (κ3) is 6.64. The van der Waals surface area contributed by atoms with Gasteiger partial charge in [0.25, 0.3) is 11.8 Å². The lowest BCUT2D eigenvalue weighted by Gasteiger charge is -2.15. The molecule has 3 aromatic carbocycles. The van der Waals surface area contributed by atoms with E-state index in [1.54, 1.807) is 48.5 Å². The third-order valence-corrected chi connectivity index (χ3v) is 7.00. The molecule has 2 amide bonds. The number of carbonyl (C=O) groups excluding carboxylic acids is 2. The van der Waals surface area contributed by atoms with Crippen LogP contribution < -0.4 is 15.0 Å². The summed E-state index contributed by atoms with van der Waals surface area (Å²) in [5.41, 5.74) is 0.235. The summed E-state index contributed by atoms with van der Waals surface area (Å²) in [4.78, 5) is 26.9. The monoisotopic (exact) mass is 582 g/mol. The highest BCUT2D eigenvalue weighted by atomic mass is 35.5. The van der Waals surface area contributed by atoms with Crippen molar-refractivity contribution >= 4 is 80.8 Å². The maximum atomic E-state index is 13.0. The standard InChI is InChI=1S/C25H15Cl2F3N2O3S2/c26-19-8-7-17(12-20(19)27)32-23(34)21(37-24(32)36)10-14-3-1-6-18(9-14)35-13-22(33)31-16-5-2-4-15(11-16)25(28,29)30/h1-12H,13H2,(H,31,33)/b21-10-. The van der Waals surface area contributed by atoms with Gasteiger partial charge in [0.05, 0.1) is 26.2 Å². The number of carbonyl (C=O) groups is 2. The first kappa shape index (κ1) is 27.0. The van der Waals surface area contributed by atoms with Gasteiger partial charge in [-0.1, -0.05) is 65.4 Å². The minimum Gasteiger partial charge on any atom is -0.484 e. The number of alkyl halides is 3. The van der Waals surface area contributed by atoms with Gasteiger partial charge in [-0.25, -0.2) is 0 Å². The van der Waals surface area contributed by atoms with E-state index in [0.29, 0.717) is 36.3 Å². The number of thioether (sulfide) groups is 1. The van der Waals surface area contributed by atoms with E-state index in [1.165, 1.54) is 17.0 Å². The maximum absolute atomic E-state index is 13.0. The van der Waals surface area contributed by atoms with Crippen LogP contribution in [0.15, 0.2) is 71.6 Å². The Morgan fingerprint density at radius 2 is 1.81 bits per heavy atom. The van der Waals surface area contributed by atoms with Gasteiger partial charge in [0.15, 0.2) is 10.9 Å². The molecule has 0 atom stereocenters. The number of benzene rings is 3. The van der Waals surface area contributed by atoms with E-state index in [2.05, 4.69) is 5.32 Å². The second-order valence-electron chi connectivity index (χ2n) is 7.60. The summed E-state index contributed by atoms with van der Waals surface area (Å²) in [5, 5.41) is 3.02. The highest BCUT2D eigenvalue weighted by Crippen LogP contribution is 2.38. The first-order valence-corrected chi connectivity index (χ1v) is 12.4. The third-order valence-electron chi connectivity index (χ3n) is 4.95. The summed E-state index contributed by atoms with van der Waals surface area (Å²) >= 11 is 18.5. The molecule has 1 aliphatic rings. The average Bonchev–Trinajstić information content (AvgIpc) is 3.12. The van der Waals surface area contributed by atoms with Crippen molar-refractivity contribution in [2.45, 2.75) is 6.18 Å². The molecule has 1 saturated heterocycles. The number of nitrogens with one attached hydrogen (secondary N) is 1. The van der Waals surface area contributed by atoms with Crippen LogP contribution in [0.5, 0.6) is 5.75 Å². The van der Waals surface area contributed by atoms with Crippen molar-refractivity contribution in [1.82, 2.24) is 0 Å². The van der Waals surface area contributed by atoms with Gasteiger partial charge < -0.3 is 10.1 Å². The molecule has 4 rings (SSSR count). The quantitative estimate of drug-likeness (QED) is 0.242. The Kier molecular flexibility index (Phi) is 8.13.